The Bertz CT molecular complexity index is 606. The van der Waals surface area contributed by atoms with Gasteiger partial charge in [0.25, 0.3) is 0 Å². The minimum absolute atomic E-state index is 0.0184. The van der Waals surface area contributed by atoms with Gasteiger partial charge in [0.15, 0.2) is 5.78 Å². The van der Waals surface area contributed by atoms with Crippen LogP contribution >= 0.6 is 0 Å². The molecule has 142 valence electrons. The predicted octanol–water partition coefficient (Wildman–Crippen LogP) is 1.05. The second-order valence-electron chi connectivity index (χ2n) is 6.76. The van der Waals surface area contributed by atoms with E-state index in [9.17, 15) is 9.59 Å². The van der Waals surface area contributed by atoms with Crippen molar-refractivity contribution in [1.82, 2.24) is 15.1 Å². The third-order valence-corrected chi connectivity index (χ3v) is 5.01. The maximum atomic E-state index is 12.3. The number of ketones is 1. The summed E-state index contributed by atoms with van der Waals surface area (Å²) in [4.78, 5) is 30.1. The first-order valence-corrected chi connectivity index (χ1v) is 9.32. The van der Waals surface area contributed by atoms with E-state index >= 15 is 0 Å². The minimum Gasteiger partial charge on any atom is -0.379 e. The minimum atomic E-state index is 0.0184. The summed E-state index contributed by atoms with van der Waals surface area (Å²) >= 11 is 0. The normalized spacial score (nSPS) is 18.7. The van der Waals surface area contributed by atoms with Gasteiger partial charge in [-0.2, -0.15) is 0 Å². The number of benzene rings is 1. The number of morpholine rings is 1. The van der Waals surface area contributed by atoms with E-state index in [1.54, 1.807) is 6.92 Å². The second-order valence-corrected chi connectivity index (χ2v) is 6.76. The van der Waals surface area contributed by atoms with Gasteiger partial charge in [0.1, 0.15) is 0 Å². The van der Waals surface area contributed by atoms with Crippen LogP contribution in [0.25, 0.3) is 0 Å². The van der Waals surface area contributed by atoms with Crippen molar-refractivity contribution in [3.8, 4) is 0 Å². The van der Waals surface area contributed by atoms with Crippen LogP contribution in [0.5, 0.6) is 0 Å². The first-order valence-electron chi connectivity index (χ1n) is 9.32. The Morgan fingerprint density at radius 3 is 2.27 bits per heavy atom. The van der Waals surface area contributed by atoms with Gasteiger partial charge in [-0.3, -0.25) is 9.69 Å². The van der Waals surface area contributed by atoms with Crippen LogP contribution in [0.4, 0.5) is 10.5 Å². The Balaban J connectivity index is 1.39. The van der Waals surface area contributed by atoms with Crippen molar-refractivity contribution in [2.45, 2.75) is 6.92 Å². The zero-order valence-corrected chi connectivity index (χ0v) is 15.4. The fraction of sp³-hybridized carbons (Fsp3) is 0.579. The topological polar surface area (TPSA) is 65.1 Å². The largest absolute Gasteiger partial charge is 0.379 e. The van der Waals surface area contributed by atoms with Gasteiger partial charge in [-0.25, -0.2) is 4.79 Å². The van der Waals surface area contributed by atoms with Crippen LogP contribution in [-0.2, 0) is 4.74 Å². The molecule has 3 rings (SSSR count). The van der Waals surface area contributed by atoms with Crippen LogP contribution in [0.1, 0.15) is 17.3 Å². The van der Waals surface area contributed by atoms with Crippen molar-refractivity contribution in [3.05, 3.63) is 29.8 Å². The first-order chi connectivity index (χ1) is 12.6. The average molecular weight is 360 g/mol. The molecule has 1 N–H and O–H groups in total. The molecule has 0 aromatic heterocycles. The summed E-state index contributed by atoms with van der Waals surface area (Å²) in [6.45, 7) is 9.58. The van der Waals surface area contributed by atoms with Crippen LogP contribution in [0, 0.1) is 0 Å². The fourth-order valence-electron chi connectivity index (χ4n) is 3.33. The van der Waals surface area contributed by atoms with Crippen LogP contribution in [-0.4, -0.2) is 87.2 Å². The molecule has 2 amide bonds. The van der Waals surface area contributed by atoms with Gasteiger partial charge in [0.05, 0.1) is 13.2 Å². The summed E-state index contributed by atoms with van der Waals surface area (Å²) in [5.41, 5.74) is 1.83. The molecule has 0 bridgehead atoms. The third-order valence-electron chi connectivity index (χ3n) is 5.01. The Kier molecular flexibility index (Phi) is 6.46. The van der Waals surface area contributed by atoms with Gasteiger partial charge in [-0.05, 0) is 31.2 Å². The molecule has 0 spiro atoms. The number of piperazine rings is 1. The highest BCUT2D eigenvalue weighted by Gasteiger charge is 2.21. The Labute approximate surface area is 154 Å². The second kappa shape index (κ2) is 9.00. The number of nitrogens with zero attached hydrogens (tertiary/aromatic N) is 3. The molecular formula is C19H28N4O3. The Hall–Kier alpha value is -2.12. The number of Topliss-reactive ketones (excluding diaryl/α,β-unsaturated/α-hetero) is 1. The van der Waals surface area contributed by atoms with Crippen molar-refractivity contribution < 1.29 is 14.3 Å². The summed E-state index contributed by atoms with van der Waals surface area (Å²) < 4.78 is 5.33. The monoisotopic (exact) mass is 360 g/mol. The molecule has 0 radical (unpaired) electrons. The maximum absolute atomic E-state index is 12.3. The standard InChI is InChI=1S/C19H28N4O3/c1-16(24)17-2-4-18(5-3-17)22-8-10-23(11-9-22)19(25)20-6-7-21-12-14-26-15-13-21/h2-5H,6-15H2,1H3,(H,20,25). The van der Waals surface area contributed by atoms with E-state index in [-0.39, 0.29) is 11.8 Å². The number of carbonyl (C=O) groups excluding carboxylic acids is 2. The quantitative estimate of drug-likeness (QED) is 0.796. The zero-order valence-electron chi connectivity index (χ0n) is 15.4. The molecule has 0 unspecified atom stereocenters. The van der Waals surface area contributed by atoms with Crippen molar-refractivity contribution in [3.63, 3.8) is 0 Å². The molecule has 2 aliphatic rings. The van der Waals surface area contributed by atoms with Gasteiger partial charge in [-0.1, -0.05) is 0 Å². The summed E-state index contributed by atoms with van der Waals surface area (Å²) in [5, 5.41) is 3.02. The van der Waals surface area contributed by atoms with Gasteiger partial charge in [-0.15, -0.1) is 0 Å². The molecule has 2 saturated heterocycles. The van der Waals surface area contributed by atoms with Gasteiger partial charge in [0, 0.05) is 63.6 Å². The van der Waals surface area contributed by atoms with Crippen molar-refractivity contribution in [2.24, 2.45) is 0 Å². The number of ether oxygens (including phenoxy) is 1. The molecule has 0 atom stereocenters. The summed E-state index contributed by atoms with van der Waals surface area (Å²) in [7, 11) is 0. The lowest BCUT2D eigenvalue weighted by Crippen LogP contribution is -2.52. The first kappa shape index (κ1) is 18.7. The number of rotatable bonds is 5. The lowest BCUT2D eigenvalue weighted by Gasteiger charge is -2.36. The number of carbonyl (C=O) groups is 2. The van der Waals surface area contributed by atoms with Gasteiger partial charge >= 0.3 is 6.03 Å². The van der Waals surface area contributed by atoms with Gasteiger partial charge in [0.2, 0.25) is 0 Å². The predicted molar refractivity (Wildman–Crippen MR) is 101 cm³/mol. The maximum Gasteiger partial charge on any atom is 0.317 e. The Morgan fingerprint density at radius 2 is 1.65 bits per heavy atom. The third kappa shape index (κ3) is 4.95. The number of urea groups is 1. The molecule has 2 heterocycles. The summed E-state index contributed by atoms with van der Waals surface area (Å²) in [6.07, 6.45) is 0. The van der Waals surface area contributed by atoms with E-state index in [1.807, 2.05) is 29.2 Å². The van der Waals surface area contributed by atoms with E-state index in [0.29, 0.717) is 19.6 Å². The summed E-state index contributed by atoms with van der Waals surface area (Å²) in [5.74, 6) is 0.0788. The lowest BCUT2D eigenvalue weighted by atomic mass is 10.1. The molecule has 7 nitrogen and oxygen atoms in total. The molecule has 2 aliphatic heterocycles. The van der Waals surface area contributed by atoms with Crippen LogP contribution < -0.4 is 10.2 Å². The van der Waals surface area contributed by atoms with E-state index < -0.39 is 0 Å². The van der Waals surface area contributed by atoms with Gasteiger partial charge < -0.3 is 19.9 Å². The summed E-state index contributed by atoms with van der Waals surface area (Å²) in [6, 6.07) is 7.71. The molecular weight excluding hydrogens is 332 g/mol. The van der Waals surface area contributed by atoms with Crippen molar-refractivity contribution in [1.29, 1.82) is 0 Å². The van der Waals surface area contributed by atoms with Crippen LogP contribution in [0.15, 0.2) is 24.3 Å². The number of amides is 2. The SMILES string of the molecule is CC(=O)c1ccc(N2CCN(C(=O)NCCN3CCOCC3)CC2)cc1. The average Bonchev–Trinajstić information content (AvgIpc) is 2.69. The van der Waals surface area contributed by atoms with E-state index in [0.717, 1.165) is 57.2 Å². The Morgan fingerprint density at radius 1 is 1.00 bits per heavy atom. The molecule has 1 aromatic carbocycles. The van der Waals surface area contributed by atoms with Crippen LogP contribution in [0.2, 0.25) is 0 Å². The highest BCUT2D eigenvalue weighted by atomic mass is 16.5. The van der Waals surface area contributed by atoms with Crippen LogP contribution in [0.3, 0.4) is 0 Å². The number of hydrogen-bond acceptors (Lipinski definition) is 5. The number of anilines is 1. The molecule has 7 heteroatoms. The highest BCUT2D eigenvalue weighted by Crippen LogP contribution is 2.17. The smallest absolute Gasteiger partial charge is 0.317 e. The molecule has 1 aromatic rings. The van der Waals surface area contributed by atoms with E-state index in [2.05, 4.69) is 15.1 Å². The highest BCUT2D eigenvalue weighted by molar-refractivity contribution is 5.94. The zero-order chi connectivity index (χ0) is 18.4. The molecule has 0 saturated carbocycles. The number of nitrogens with one attached hydrogen (secondary N) is 1. The molecule has 26 heavy (non-hydrogen) atoms. The number of hydrogen-bond donors (Lipinski definition) is 1. The van der Waals surface area contributed by atoms with E-state index in [4.69, 9.17) is 4.74 Å². The fourth-order valence-corrected chi connectivity index (χ4v) is 3.33. The van der Waals surface area contributed by atoms with Crippen molar-refractivity contribution >= 4 is 17.5 Å². The molecule has 0 aliphatic carbocycles. The van der Waals surface area contributed by atoms with Crippen molar-refractivity contribution in [2.75, 3.05) is 70.5 Å². The molecule has 2 fully saturated rings. The lowest BCUT2D eigenvalue weighted by molar-refractivity contribution is 0.0386. The van der Waals surface area contributed by atoms with E-state index in [1.165, 1.54) is 0 Å².